The van der Waals surface area contributed by atoms with Gasteiger partial charge in [-0.15, -0.1) is 0 Å². The van der Waals surface area contributed by atoms with Crippen molar-refractivity contribution < 1.29 is 9.59 Å². The molecule has 27 heavy (non-hydrogen) atoms. The van der Waals surface area contributed by atoms with E-state index in [0.717, 1.165) is 57.5 Å². The zero-order chi connectivity index (χ0) is 19.4. The zero-order valence-corrected chi connectivity index (χ0v) is 17.0. The molecule has 2 aliphatic rings. The SMILES string of the molecule is C[C@@H](C(=O)N1CCC2(CCC(=O)N(CCN(C)C)C2)CC1)c1ccccc1. The van der Waals surface area contributed by atoms with Gasteiger partial charge in [-0.2, -0.15) is 0 Å². The van der Waals surface area contributed by atoms with Gasteiger partial charge in [-0.3, -0.25) is 9.59 Å². The summed E-state index contributed by atoms with van der Waals surface area (Å²) in [6, 6.07) is 10.0. The largest absolute Gasteiger partial charge is 0.342 e. The molecule has 1 atom stereocenters. The molecule has 0 radical (unpaired) electrons. The molecule has 0 bridgehead atoms. The molecule has 0 saturated carbocycles. The Kier molecular flexibility index (Phi) is 6.20. The molecule has 0 unspecified atom stereocenters. The van der Waals surface area contributed by atoms with Gasteiger partial charge in [0.05, 0.1) is 5.92 Å². The van der Waals surface area contributed by atoms with Gasteiger partial charge in [0.1, 0.15) is 0 Å². The lowest BCUT2D eigenvalue weighted by Gasteiger charge is -2.48. The van der Waals surface area contributed by atoms with E-state index in [-0.39, 0.29) is 17.2 Å². The Bertz CT molecular complexity index is 651. The second-order valence-corrected chi connectivity index (χ2v) is 8.58. The van der Waals surface area contributed by atoms with E-state index in [4.69, 9.17) is 0 Å². The zero-order valence-electron chi connectivity index (χ0n) is 17.0. The van der Waals surface area contributed by atoms with Gasteiger partial charge in [0.2, 0.25) is 11.8 Å². The Morgan fingerprint density at radius 2 is 1.81 bits per heavy atom. The summed E-state index contributed by atoms with van der Waals surface area (Å²) in [6.07, 6.45) is 3.64. The van der Waals surface area contributed by atoms with Crippen LogP contribution in [-0.4, -0.2) is 73.3 Å². The third-order valence-corrected chi connectivity index (χ3v) is 6.37. The maximum Gasteiger partial charge on any atom is 0.229 e. The fraction of sp³-hybridized carbons (Fsp3) is 0.636. The summed E-state index contributed by atoms with van der Waals surface area (Å²) in [7, 11) is 4.09. The highest BCUT2D eigenvalue weighted by Gasteiger charge is 2.42. The van der Waals surface area contributed by atoms with Crippen molar-refractivity contribution in [3.05, 3.63) is 35.9 Å². The average Bonchev–Trinajstić information content (AvgIpc) is 2.69. The summed E-state index contributed by atoms with van der Waals surface area (Å²) < 4.78 is 0. The van der Waals surface area contributed by atoms with Gasteiger partial charge in [0, 0.05) is 39.1 Å². The van der Waals surface area contributed by atoms with Crippen molar-refractivity contribution in [2.24, 2.45) is 5.41 Å². The second kappa shape index (κ2) is 8.42. The van der Waals surface area contributed by atoms with E-state index in [1.165, 1.54) is 0 Å². The minimum atomic E-state index is -0.0928. The molecule has 5 nitrogen and oxygen atoms in total. The number of hydrogen-bond acceptors (Lipinski definition) is 3. The summed E-state index contributed by atoms with van der Waals surface area (Å²) in [5.74, 6) is 0.427. The molecule has 2 heterocycles. The number of benzene rings is 1. The van der Waals surface area contributed by atoms with Gasteiger partial charge < -0.3 is 14.7 Å². The fourth-order valence-corrected chi connectivity index (χ4v) is 4.39. The van der Waals surface area contributed by atoms with Gasteiger partial charge in [-0.1, -0.05) is 30.3 Å². The van der Waals surface area contributed by atoms with Gasteiger partial charge in [-0.05, 0) is 51.3 Å². The van der Waals surface area contributed by atoms with Crippen molar-refractivity contribution in [1.82, 2.24) is 14.7 Å². The summed E-state index contributed by atoms with van der Waals surface area (Å²) in [4.78, 5) is 31.4. The first kappa shape index (κ1) is 19.9. The van der Waals surface area contributed by atoms with Crippen LogP contribution < -0.4 is 0 Å². The number of rotatable bonds is 5. The van der Waals surface area contributed by atoms with Crippen LogP contribution in [0.1, 0.15) is 44.1 Å². The molecular formula is C22H33N3O2. The molecule has 0 N–H and O–H groups in total. The summed E-state index contributed by atoms with van der Waals surface area (Å²) in [5, 5.41) is 0. The molecule has 5 heteroatoms. The molecule has 1 spiro atoms. The lowest BCUT2D eigenvalue weighted by Crippen LogP contribution is -2.53. The minimum absolute atomic E-state index is 0.0928. The predicted molar refractivity (Wildman–Crippen MR) is 107 cm³/mol. The highest BCUT2D eigenvalue weighted by molar-refractivity contribution is 5.83. The first-order chi connectivity index (χ1) is 12.9. The van der Waals surface area contributed by atoms with Crippen molar-refractivity contribution in [2.75, 3.05) is 46.8 Å². The van der Waals surface area contributed by atoms with E-state index in [1.807, 2.05) is 61.2 Å². The summed E-state index contributed by atoms with van der Waals surface area (Å²) >= 11 is 0. The number of piperidine rings is 2. The first-order valence-electron chi connectivity index (χ1n) is 10.2. The molecule has 3 rings (SSSR count). The van der Waals surface area contributed by atoms with E-state index in [9.17, 15) is 9.59 Å². The first-order valence-corrected chi connectivity index (χ1v) is 10.2. The molecule has 2 saturated heterocycles. The molecule has 148 valence electrons. The van der Waals surface area contributed by atoms with Crippen LogP contribution in [0.2, 0.25) is 0 Å². The Morgan fingerprint density at radius 3 is 2.44 bits per heavy atom. The van der Waals surface area contributed by atoms with Gasteiger partial charge in [0.15, 0.2) is 0 Å². The van der Waals surface area contributed by atoms with E-state index in [1.54, 1.807) is 0 Å². The Balaban J connectivity index is 1.57. The second-order valence-electron chi connectivity index (χ2n) is 8.58. The summed E-state index contributed by atoms with van der Waals surface area (Å²) in [6.45, 7) is 6.19. The van der Waals surface area contributed by atoms with Crippen LogP contribution in [0, 0.1) is 5.41 Å². The normalized spacial score (nSPS) is 21.0. The van der Waals surface area contributed by atoms with E-state index in [0.29, 0.717) is 12.3 Å². The Labute approximate surface area is 163 Å². The lowest BCUT2D eigenvalue weighted by molar-refractivity contribution is -0.143. The number of carbonyl (C=O) groups excluding carboxylic acids is 2. The lowest BCUT2D eigenvalue weighted by atomic mass is 9.72. The van der Waals surface area contributed by atoms with Crippen LogP contribution in [0.15, 0.2) is 30.3 Å². The quantitative estimate of drug-likeness (QED) is 0.799. The Morgan fingerprint density at radius 1 is 1.15 bits per heavy atom. The molecule has 1 aromatic carbocycles. The monoisotopic (exact) mass is 371 g/mol. The van der Waals surface area contributed by atoms with Crippen LogP contribution >= 0.6 is 0 Å². The van der Waals surface area contributed by atoms with E-state index < -0.39 is 0 Å². The highest BCUT2D eigenvalue weighted by Crippen LogP contribution is 2.40. The van der Waals surface area contributed by atoms with Crippen molar-refractivity contribution in [3.8, 4) is 0 Å². The van der Waals surface area contributed by atoms with Crippen LogP contribution in [0.3, 0.4) is 0 Å². The molecule has 2 aliphatic heterocycles. The van der Waals surface area contributed by atoms with E-state index in [2.05, 4.69) is 4.90 Å². The number of amides is 2. The van der Waals surface area contributed by atoms with Crippen LogP contribution in [-0.2, 0) is 9.59 Å². The average molecular weight is 372 g/mol. The van der Waals surface area contributed by atoms with Crippen LogP contribution in [0.4, 0.5) is 0 Å². The minimum Gasteiger partial charge on any atom is -0.342 e. The number of hydrogen-bond donors (Lipinski definition) is 0. The molecule has 2 fully saturated rings. The van der Waals surface area contributed by atoms with Gasteiger partial charge in [0.25, 0.3) is 0 Å². The van der Waals surface area contributed by atoms with Crippen LogP contribution in [0.25, 0.3) is 0 Å². The Hall–Kier alpha value is -1.88. The molecule has 2 amide bonds. The van der Waals surface area contributed by atoms with Crippen molar-refractivity contribution >= 4 is 11.8 Å². The van der Waals surface area contributed by atoms with Crippen molar-refractivity contribution in [3.63, 3.8) is 0 Å². The maximum absolute atomic E-state index is 12.9. The third-order valence-electron chi connectivity index (χ3n) is 6.37. The number of likely N-dealkylation sites (tertiary alicyclic amines) is 2. The van der Waals surface area contributed by atoms with E-state index >= 15 is 0 Å². The van der Waals surface area contributed by atoms with Gasteiger partial charge >= 0.3 is 0 Å². The standard InChI is InChI=1S/C22H33N3O2/c1-18(19-7-5-4-6-8-19)21(27)24-13-11-22(12-14-24)10-9-20(26)25(17-22)16-15-23(2)3/h4-8,18H,9-17H2,1-3H3/t18-/m1/s1. The molecular weight excluding hydrogens is 338 g/mol. The number of nitrogens with zero attached hydrogens (tertiary/aromatic N) is 3. The number of likely N-dealkylation sites (N-methyl/N-ethyl adjacent to an activating group) is 1. The third kappa shape index (κ3) is 4.70. The molecule has 1 aromatic rings. The summed E-state index contributed by atoms with van der Waals surface area (Å²) in [5.41, 5.74) is 1.29. The predicted octanol–water partition coefficient (Wildman–Crippen LogP) is 2.58. The maximum atomic E-state index is 12.9. The highest BCUT2D eigenvalue weighted by atomic mass is 16.2. The molecule has 0 aromatic heterocycles. The fourth-order valence-electron chi connectivity index (χ4n) is 4.39. The smallest absolute Gasteiger partial charge is 0.229 e. The topological polar surface area (TPSA) is 43.9 Å². The number of carbonyl (C=O) groups is 2. The van der Waals surface area contributed by atoms with Gasteiger partial charge in [-0.25, -0.2) is 0 Å². The van der Waals surface area contributed by atoms with Crippen molar-refractivity contribution in [2.45, 2.75) is 38.5 Å². The van der Waals surface area contributed by atoms with Crippen molar-refractivity contribution in [1.29, 1.82) is 0 Å². The molecule has 0 aliphatic carbocycles. The van der Waals surface area contributed by atoms with Crippen LogP contribution in [0.5, 0.6) is 0 Å².